The topological polar surface area (TPSA) is 44.8 Å². The highest BCUT2D eigenvalue weighted by molar-refractivity contribution is 8.00. The predicted octanol–water partition coefficient (Wildman–Crippen LogP) is 3.12. The van der Waals surface area contributed by atoms with E-state index in [1.54, 1.807) is 0 Å². The number of hydrogen-bond acceptors (Lipinski definition) is 4. The summed E-state index contributed by atoms with van der Waals surface area (Å²) in [6.07, 6.45) is 0. The molecular formula is C14H19F4N3O2S. The minimum absolute atomic E-state index is 0.161. The van der Waals surface area contributed by atoms with Crippen molar-refractivity contribution in [3.63, 3.8) is 0 Å². The molecule has 0 spiro atoms. The number of amides is 2. The normalized spacial score (nSPS) is 11.7. The van der Waals surface area contributed by atoms with Gasteiger partial charge in [-0.25, -0.2) is 9.18 Å². The van der Waals surface area contributed by atoms with Gasteiger partial charge in [0.05, 0.1) is 5.69 Å². The van der Waals surface area contributed by atoms with Crippen LogP contribution in [0.5, 0.6) is 0 Å². The van der Waals surface area contributed by atoms with Gasteiger partial charge in [0.25, 0.3) is 0 Å². The molecule has 10 heteroatoms. The van der Waals surface area contributed by atoms with E-state index in [4.69, 9.17) is 4.74 Å². The predicted molar refractivity (Wildman–Crippen MR) is 84.6 cm³/mol. The summed E-state index contributed by atoms with van der Waals surface area (Å²) < 4.78 is 56.0. The van der Waals surface area contributed by atoms with E-state index in [2.05, 4.69) is 5.32 Å². The van der Waals surface area contributed by atoms with Crippen LogP contribution in [0.1, 0.15) is 0 Å². The smallest absolute Gasteiger partial charge is 0.364 e. The number of carbonyl (C=O) groups excluding carboxylic acids is 1. The van der Waals surface area contributed by atoms with Crippen molar-refractivity contribution in [3.05, 3.63) is 24.0 Å². The van der Waals surface area contributed by atoms with Crippen LogP contribution < -0.4 is 10.2 Å². The van der Waals surface area contributed by atoms with Gasteiger partial charge in [-0.3, -0.25) is 4.90 Å². The van der Waals surface area contributed by atoms with Gasteiger partial charge in [0.15, 0.2) is 0 Å². The van der Waals surface area contributed by atoms with Gasteiger partial charge in [-0.1, -0.05) is 0 Å². The van der Waals surface area contributed by atoms with E-state index in [-0.39, 0.29) is 17.3 Å². The Morgan fingerprint density at radius 1 is 1.33 bits per heavy atom. The van der Waals surface area contributed by atoms with E-state index in [1.165, 1.54) is 7.11 Å². The Balaban J connectivity index is 2.89. The monoisotopic (exact) mass is 369 g/mol. The Kier molecular flexibility index (Phi) is 7.77. The first-order valence-corrected chi connectivity index (χ1v) is 7.70. The zero-order valence-electron chi connectivity index (χ0n) is 13.5. The third-order valence-electron chi connectivity index (χ3n) is 2.78. The lowest BCUT2D eigenvalue weighted by atomic mass is 10.3. The average Bonchev–Trinajstić information content (AvgIpc) is 2.43. The number of methoxy groups -OCH3 is 1. The van der Waals surface area contributed by atoms with Gasteiger partial charge < -0.3 is 15.0 Å². The summed E-state index contributed by atoms with van der Waals surface area (Å²) in [6, 6.07) is 2.36. The van der Waals surface area contributed by atoms with E-state index in [0.29, 0.717) is 13.1 Å². The van der Waals surface area contributed by atoms with Gasteiger partial charge in [-0.15, -0.1) is 0 Å². The number of benzene rings is 1. The summed E-state index contributed by atoms with van der Waals surface area (Å²) in [7, 11) is 4.98. The number of alkyl halides is 3. The van der Waals surface area contributed by atoms with Gasteiger partial charge in [0.2, 0.25) is 0 Å². The van der Waals surface area contributed by atoms with Crippen LogP contribution in [0.15, 0.2) is 23.1 Å². The van der Waals surface area contributed by atoms with Gasteiger partial charge in [0, 0.05) is 25.1 Å². The second-order valence-corrected chi connectivity index (χ2v) is 6.18. The average molecular weight is 369 g/mol. The first-order chi connectivity index (χ1) is 11.1. The van der Waals surface area contributed by atoms with Crippen molar-refractivity contribution in [1.82, 2.24) is 10.2 Å². The van der Waals surface area contributed by atoms with E-state index in [9.17, 15) is 22.4 Å². The molecule has 0 saturated heterocycles. The SMILES string of the molecule is COCN(C(=O)NCCN(C)C)c1ccc(SC(F)(F)F)cc1F. The summed E-state index contributed by atoms with van der Waals surface area (Å²) in [5.41, 5.74) is -4.67. The number of halogens is 4. The molecule has 24 heavy (non-hydrogen) atoms. The van der Waals surface area contributed by atoms with Crippen molar-refractivity contribution in [2.24, 2.45) is 0 Å². The maximum Gasteiger partial charge on any atom is 0.446 e. The van der Waals surface area contributed by atoms with E-state index >= 15 is 0 Å². The highest BCUT2D eigenvalue weighted by Gasteiger charge is 2.30. The third kappa shape index (κ3) is 6.93. The van der Waals surface area contributed by atoms with Crippen molar-refractivity contribution in [2.45, 2.75) is 10.4 Å². The number of ether oxygens (including phenoxy) is 1. The maximum atomic E-state index is 14.1. The zero-order valence-corrected chi connectivity index (χ0v) is 14.3. The highest BCUT2D eigenvalue weighted by atomic mass is 32.2. The largest absolute Gasteiger partial charge is 0.446 e. The summed E-state index contributed by atoms with van der Waals surface area (Å²) in [4.78, 5) is 14.7. The summed E-state index contributed by atoms with van der Waals surface area (Å²) in [5.74, 6) is -0.941. The number of hydrogen-bond donors (Lipinski definition) is 1. The quantitative estimate of drug-likeness (QED) is 0.456. The molecule has 1 rings (SSSR count). The van der Waals surface area contributed by atoms with E-state index < -0.39 is 29.1 Å². The summed E-state index contributed by atoms with van der Waals surface area (Å²) in [6.45, 7) is 0.669. The molecule has 1 N–H and O–H groups in total. The molecule has 0 unspecified atom stereocenters. The third-order valence-corrected chi connectivity index (χ3v) is 3.50. The Bertz CT molecular complexity index is 555. The molecule has 0 saturated carbocycles. The summed E-state index contributed by atoms with van der Waals surface area (Å²) >= 11 is -0.422. The molecule has 0 aliphatic rings. The number of thioether (sulfide) groups is 1. The molecule has 1 aromatic rings. The minimum atomic E-state index is -4.51. The van der Waals surface area contributed by atoms with Gasteiger partial charge in [-0.2, -0.15) is 13.2 Å². The molecule has 0 bridgehead atoms. The number of nitrogens with one attached hydrogen (secondary N) is 1. The first kappa shape index (κ1) is 20.5. The van der Waals surface area contributed by atoms with Crippen LogP contribution >= 0.6 is 11.8 Å². The van der Waals surface area contributed by atoms with Crippen molar-refractivity contribution in [3.8, 4) is 0 Å². The highest BCUT2D eigenvalue weighted by Crippen LogP contribution is 2.38. The Labute approximate surface area is 141 Å². The van der Waals surface area contributed by atoms with Crippen LogP contribution in [0.3, 0.4) is 0 Å². The van der Waals surface area contributed by atoms with E-state index in [1.807, 2.05) is 19.0 Å². The molecule has 2 amide bonds. The van der Waals surface area contributed by atoms with Gasteiger partial charge in [-0.05, 0) is 44.1 Å². The maximum absolute atomic E-state index is 14.1. The first-order valence-electron chi connectivity index (χ1n) is 6.88. The van der Waals surface area contributed by atoms with Gasteiger partial charge >= 0.3 is 11.5 Å². The standard InChI is InChI=1S/C14H19F4N3O2S/c1-20(2)7-6-19-13(22)21(9-23-3)12-5-4-10(8-11(12)15)24-14(16,17)18/h4-5,8H,6-7,9H2,1-3H3,(H,19,22). The molecule has 5 nitrogen and oxygen atoms in total. The minimum Gasteiger partial charge on any atom is -0.364 e. The number of urea groups is 1. The second-order valence-electron chi connectivity index (χ2n) is 5.04. The molecule has 0 heterocycles. The summed E-state index contributed by atoms with van der Waals surface area (Å²) in [5, 5.41) is 2.59. The molecule has 136 valence electrons. The van der Waals surface area contributed by atoms with Crippen molar-refractivity contribution < 1.29 is 27.1 Å². The number of rotatable bonds is 7. The van der Waals surface area contributed by atoms with Crippen molar-refractivity contribution in [1.29, 1.82) is 0 Å². The molecule has 0 aliphatic carbocycles. The molecule has 0 aliphatic heterocycles. The molecule has 0 aromatic heterocycles. The fourth-order valence-corrected chi connectivity index (χ4v) is 2.32. The fraction of sp³-hybridized carbons (Fsp3) is 0.500. The van der Waals surface area contributed by atoms with Crippen LogP contribution in [-0.2, 0) is 4.74 Å². The van der Waals surface area contributed by atoms with E-state index in [0.717, 1.165) is 23.1 Å². The number of anilines is 1. The van der Waals surface area contributed by atoms with Crippen LogP contribution in [-0.4, -0.2) is 57.5 Å². The lowest BCUT2D eigenvalue weighted by molar-refractivity contribution is -0.0328. The zero-order chi connectivity index (χ0) is 18.3. The number of nitrogens with zero attached hydrogens (tertiary/aromatic N) is 2. The Morgan fingerprint density at radius 2 is 2.00 bits per heavy atom. The Hall–Kier alpha value is -1.52. The van der Waals surface area contributed by atoms with Crippen LogP contribution in [0.2, 0.25) is 0 Å². The molecule has 1 aromatic carbocycles. The van der Waals surface area contributed by atoms with Crippen molar-refractivity contribution in [2.75, 3.05) is 45.9 Å². The number of carbonyl (C=O) groups is 1. The molecule has 0 radical (unpaired) electrons. The van der Waals surface area contributed by atoms with Crippen LogP contribution in [0.4, 0.5) is 28.0 Å². The molecule has 0 fully saturated rings. The lowest BCUT2D eigenvalue weighted by Crippen LogP contribution is -2.43. The second kappa shape index (κ2) is 9.09. The fourth-order valence-electron chi connectivity index (χ4n) is 1.75. The molecular weight excluding hydrogens is 350 g/mol. The number of likely N-dealkylation sites (N-methyl/N-ethyl adjacent to an activating group) is 1. The van der Waals surface area contributed by atoms with Crippen LogP contribution in [0, 0.1) is 5.82 Å². The van der Waals surface area contributed by atoms with Crippen molar-refractivity contribution >= 4 is 23.5 Å². The Morgan fingerprint density at radius 3 is 2.50 bits per heavy atom. The lowest BCUT2D eigenvalue weighted by Gasteiger charge is -2.23. The van der Waals surface area contributed by atoms with Gasteiger partial charge in [0.1, 0.15) is 12.5 Å². The molecule has 0 atom stereocenters. The van der Waals surface area contributed by atoms with Crippen LogP contribution in [0.25, 0.3) is 0 Å².